The standard InChI is InChI=1S/C11H14O3/c1-2-9-3-5-10(6-4-9)7-8-14-11(12)13/h3-6H,2,7-8H2,1H3,(H,12,13). The number of aryl methyl sites for hydroxylation is 1. The van der Waals surface area contributed by atoms with E-state index >= 15 is 0 Å². The number of hydrogen-bond acceptors (Lipinski definition) is 2. The van der Waals surface area contributed by atoms with Gasteiger partial charge in [0.1, 0.15) is 0 Å². The lowest BCUT2D eigenvalue weighted by molar-refractivity contribution is 0.0927. The molecule has 1 rings (SSSR count). The van der Waals surface area contributed by atoms with E-state index in [0.29, 0.717) is 6.42 Å². The molecular formula is C11H14O3. The van der Waals surface area contributed by atoms with Gasteiger partial charge in [-0.3, -0.25) is 0 Å². The Labute approximate surface area is 83.3 Å². The molecule has 0 heterocycles. The SMILES string of the molecule is CCc1ccc(CCOC(=O)O)cc1. The Hall–Kier alpha value is -1.51. The summed E-state index contributed by atoms with van der Waals surface area (Å²) in [7, 11) is 0. The molecule has 0 amide bonds. The van der Waals surface area contributed by atoms with Gasteiger partial charge >= 0.3 is 6.16 Å². The van der Waals surface area contributed by atoms with Crippen LogP contribution in [0.5, 0.6) is 0 Å². The zero-order valence-electron chi connectivity index (χ0n) is 8.19. The highest BCUT2D eigenvalue weighted by Gasteiger charge is 1.97. The molecule has 0 aliphatic heterocycles. The Morgan fingerprint density at radius 1 is 1.29 bits per heavy atom. The maximum absolute atomic E-state index is 10.1. The van der Waals surface area contributed by atoms with Crippen molar-refractivity contribution in [1.29, 1.82) is 0 Å². The van der Waals surface area contributed by atoms with Crippen LogP contribution in [0.2, 0.25) is 0 Å². The summed E-state index contributed by atoms with van der Waals surface area (Å²) in [6.07, 6.45) is 0.442. The monoisotopic (exact) mass is 194 g/mol. The first kappa shape index (κ1) is 10.6. The first-order chi connectivity index (χ1) is 6.72. The molecule has 0 spiro atoms. The van der Waals surface area contributed by atoms with Gasteiger partial charge in [-0.05, 0) is 17.5 Å². The van der Waals surface area contributed by atoms with Crippen molar-refractivity contribution in [3.05, 3.63) is 35.4 Å². The molecule has 3 heteroatoms. The largest absolute Gasteiger partial charge is 0.505 e. The molecule has 0 fully saturated rings. The average molecular weight is 194 g/mol. The lowest BCUT2D eigenvalue weighted by Gasteiger charge is -2.02. The Balaban J connectivity index is 2.40. The van der Waals surface area contributed by atoms with E-state index in [1.807, 2.05) is 12.1 Å². The Kier molecular flexibility index (Phi) is 3.98. The van der Waals surface area contributed by atoms with Crippen molar-refractivity contribution >= 4 is 6.16 Å². The van der Waals surface area contributed by atoms with E-state index in [4.69, 9.17) is 5.11 Å². The maximum Gasteiger partial charge on any atom is 0.505 e. The van der Waals surface area contributed by atoms with Crippen molar-refractivity contribution in [2.24, 2.45) is 0 Å². The van der Waals surface area contributed by atoms with Crippen LogP contribution in [0.1, 0.15) is 18.1 Å². The predicted molar refractivity (Wildman–Crippen MR) is 53.5 cm³/mol. The van der Waals surface area contributed by atoms with Crippen molar-refractivity contribution in [3.63, 3.8) is 0 Å². The van der Waals surface area contributed by atoms with Gasteiger partial charge in [0.25, 0.3) is 0 Å². The van der Waals surface area contributed by atoms with E-state index < -0.39 is 6.16 Å². The molecule has 76 valence electrons. The molecule has 0 aliphatic carbocycles. The lowest BCUT2D eigenvalue weighted by atomic mass is 10.1. The second-order valence-electron chi connectivity index (χ2n) is 3.03. The summed E-state index contributed by atoms with van der Waals surface area (Å²) in [6.45, 7) is 2.32. The van der Waals surface area contributed by atoms with Crippen LogP contribution >= 0.6 is 0 Å². The van der Waals surface area contributed by atoms with Gasteiger partial charge in [0.2, 0.25) is 0 Å². The lowest BCUT2D eigenvalue weighted by Crippen LogP contribution is -2.04. The zero-order valence-corrected chi connectivity index (χ0v) is 8.19. The third-order valence-electron chi connectivity index (χ3n) is 2.05. The van der Waals surface area contributed by atoms with Gasteiger partial charge in [0.05, 0.1) is 6.61 Å². The molecule has 0 atom stereocenters. The summed E-state index contributed by atoms with van der Waals surface area (Å²) < 4.78 is 4.42. The van der Waals surface area contributed by atoms with Gasteiger partial charge in [-0.15, -0.1) is 0 Å². The quantitative estimate of drug-likeness (QED) is 0.749. The minimum atomic E-state index is -1.21. The Morgan fingerprint density at radius 3 is 2.36 bits per heavy atom. The van der Waals surface area contributed by atoms with Crippen LogP contribution in [-0.4, -0.2) is 17.9 Å². The van der Waals surface area contributed by atoms with Crippen LogP contribution in [-0.2, 0) is 17.6 Å². The molecule has 0 saturated heterocycles. The van der Waals surface area contributed by atoms with Crippen molar-refractivity contribution < 1.29 is 14.6 Å². The minimum absolute atomic E-state index is 0.223. The van der Waals surface area contributed by atoms with Crippen LogP contribution in [0.3, 0.4) is 0 Å². The topological polar surface area (TPSA) is 46.5 Å². The highest BCUT2D eigenvalue weighted by molar-refractivity contribution is 5.56. The minimum Gasteiger partial charge on any atom is -0.450 e. The smallest absolute Gasteiger partial charge is 0.450 e. The van der Waals surface area contributed by atoms with Crippen molar-refractivity contribution in [2.75, 3.05) is 6.61 Å². The summed E-state index contributed by atoms with van der Waals surface area (Å²) in [5.74, 6) is 0. The molecule has 3 nitrogen and oxygen atoms in total. The third-order valence-corrected chi connectivity index (χ3v) is 2.05. The number of carboxylic acid groups (broad SMARTS) is 1. The Bertz CT molecular complexity index is 290. The van der Waals surface area contributed by atoms with Crippen LogP contribution in [0, 0.1) is 0 Å². The van der Waals surface area contributed by atoms with E-state index in [2.05, 4.69) is 23.8 Å². The molecule has 0 aliphatic rings. The van der Waals surface area contributed by atoms with Gasteiger partial charge in [-0.2, -0.15) is 0 Å². The van der Waals surface area contributed by atoms with Gasteiger partial charge < -0.3 is 9.84 Å². The van der Waals surface area contributed by atoms with E-state index in [1.165, 1.54) is 5.56 Å². The fourth-order valence-electron chi connectivity index (χ4n) is 1.20. The van der Waals surface area contributed by atoms with Crippen LogP contribution in [0.4, 0.5) is 4.79 Å². The van der Waals surface area contributed by atoms with E-state index in [1.54, 1.807) is 0 Å². The fraction of sp³-hybridized carbons (Fsp3) is 0.364. The molecule has 0 saturated carbocycles. The molecule has 0 unspecified atom stereocenters. The first-order valence-electron chi connectivity index (χ1n) is 4.66. The predicted octanol–water partition coefficient (Wildman–Crippen LogP) is 2.49. The average Bonchev–Trinajstić information content (AvgIpc) is 2.18. The van der Waals surface area contributed by atoms with Gasteiger partial charge in [-0.25, -0.2) is 4.79 Å². The zero-order chi connectivity index (χ0) is 10.4. The van der Waals surface area contributed by atoms with Crippen molar-refractivity contribution in [3.8, 4) is 0 Å². The van der Waals surface area contributed by atoms with Crippen LogP contribution in [0.25, 0.3) is 0 Å². The number of rotatable bonds is 4. The second-order valence-corrected chi connectivity index (χ2v) is 3.03. The Morgan fingerprint density at radius 2 is 1.86 bits per heavy atom. The third kappa shape index (κ3) is 3.47. The van der Waals surface area contributed by atoms with Crippen LogP contribution in [0.15, 0.2) is 24.3 Å². The van der Waals surface area contributed by atoms with E-state index in [-0.39, 0.29) is 6.61 Å². The number of carbonyl (C=O) groups is 1. The van der Waals surface area contributed by atoms with E-state index in [0.717, 1.165) is 12.0 Å². The summed E-state index contributed by atoms with van der Waals surface area (Å²) in [6, 6.07) is 8.11. The summed E-state index contributed by atoms with van der Waals surface area (Å²) in [5.41, 5.74) is 2.39. The summed E-state index contributed by atoms with van der Waals surface area (Å²) in [4.78, 5) is 10.1. The van der Waals surface area contributed by atoms with Gasteiger partial charge in [0, 0.05) is 6.42 Å². The summed E-state index contributed by atoms with van der Waals surface area (Å²) in [5, 5.41) is 8.25. The second kappa shape index (κ2) is 5.27. The molecule has 1 N–H and O–H groups in total. The molecule has 1 aromatic carbocycles. The molecule has 0 radical (unpaired) electrons. The molecule has 14 heavy (non-hydrogen) atoms. The van der Waals surface area contributed by atoms with Gasteiger partial charge in [0.15, 0.2) is 0 Å². The first-order valence-corrected chi connectivity index (χ1v) is 4.66. The number of benzene rings is 1. The highest BCUT2D eigenvalue weighted by Crippen LogP contribution is 2.05. The molecular weight excluding hydrogens is 180 g/mol. The fourth-order valence-corrected chi connectivity index (χ4v) is 1.20. The summed E-state index contributed by atoms with van der Waals surface area (Å²) >= 11 is 0. The van der Waals surface area contributed by atoms with Gasteiger partial charge in [-0.1, -0.05) is 31.2 Å². The normalized spacial score (nSPS) is 9.79. The molecule has 1 aromatic rings. The number of hydrogen-bond donors (Lipinski definition) is 1. The van der Waals surface area contributed by atoms with Crippen molar-refractivity contribution in [2.45, 2.75) is 19.8 Å². The van der Waals surface area contributed by atoms with Crippen molar-refractivity contribution in [1.82, 2.24) is 0 Å². The molecule has 0 aromatic heterocycles. The van der Waals surface area contributed by atoms with Crippen LogP contribution < -0.4 is 0 Å². The molecule has 0 bridgehead atoms. The highest BCUT2D eigenvalue weighted by atomic mass is 16.7. The van der Waals surface area contributed by atoms with E-state index in [9.17, 15) is 4.79 Å². The maximum atomic E-state index is 10.1. The number of ether oxygens (including phenoxy) is 1.